The number of hydrogen-bond acceptors (Lipinski definition) is 1. The first kappa shape index (κ1) is 10.0. The van der Waals surface area contributed by atoms with Gasteiger partial charge < -0.3 is 4.90 Å². The fourth-order valence-electron chi connectivity index (χ4n) is 1.95. The van der Waals surface area contributed by atoms with E-state index in [0.29, 0.717) is 0 Å². The molecule has 0 saturated carbocycles. The summed E-state index contributed by atoms with van der Waals surface area (Å²) in [6.07, 6.45) is 4.21. The van der Waals surface area contributed by atoms with Gasteiger partial charge >= 0.3 is 0 Å². The molecular weight excluding hydrogens is 146 g/mol. The second kappa shape index (κ2) is 4.86. The van der Waals surface area contributed by atoms with Gasteiger partial charge in [0.1, 0.15) is 0 Å². The monoisotopic (exact) mass is 169 g/mol. The molecule has 1 nitrogen and oxygen atoms in total. The number of rotatable bonds is 4. The third kappa shape index (κ3) is 3.57. The van der Waals surface area contributed by atoms with Gasteiger partial charge in [-0.3, -0.25) is 0 Å². The molecule has 1 atom stereocenters. The van der Waals surface area contributed by atoms with Gasteiger partial charge in [-0.1, -0.05) is 20.8 Å². The molecule has 1 heteroatoms. The van der Waals surface area contributed by atoms with Crippen LogP contribution in [0, 0.1) is 11.8 Å². The van der Waals surface area contributed by atoms with E-state index in [9.17, 15) is 0 Å². The Hall–Kier alpha value is -0.0400. The molecular formula is C11H23N. The van der Waals surface area contributed by atoms with Crippen LogP contribution in [0.1, 0.15) is 40.0 Å². The molecule has 1 heterocycles. The number of likely N-dealkylation sites (tertiary alicyclic amines) is 1. The van der Waals surface area contributed by atoms with E-state index in [1.54, 1.807) is 0 Å². The predicted molar refractivity (Wildman–Crippen MR) is 54.3 cm³/mol. The average Bonchev–Trinajstić information content (AvgIpc) is 2.35. The van der Waals surface area contributed by atoms with Gasteiger partial charge in [-0.25, -0.2) is 0 Å². The normalized spacial score (nSPS) is 25.5. The van der Waals surface area contributed by atoms with Gasteiger partial charge in [0.05, 0.1) is 0 Å². The lowest BCUT2D eigenvalue weighted by atomic mass is 10.1. The third-order valence-corrected chi connectivity index (χ3v) is 2.76. The van der Waals surface area contributed by atoms with Gasteiger partial charge in [-0.05, 0) is 44.2 Å². The highest BCUT2D eigenvalue weighted by Gasteiger charge is 2.17. The Morgan fingerprint density at radius 1 is 1.42 bits per heavy atom. The highest BCUT2D eigenvalue weighted by molar-refractivity contribution is 4.71. The van der Waals surface area contributed by atoms with Crippen molar-refractivity contribution in [3.8, 4) is 0 Å². The zero-order chi connectivity index (χ0) is 8.97. The Kier molecular flexibility index (Phi) is 4.07. The molecule has 0 bridgehead atoms. The highest BCUT2D eigenvalue weighted by Crippen LogP contribution is 2.16. The Bertz CT molecular complexity index is 120. The van der Waals surface area contributed by atoms with Crippen LogP contribution in [0.15, 0.2) is 0 Å². The lowest BCUT2D eigenvalue weighted by Gasteiger charge is -2.15. The summed E-state index contributed by atoms with van der Waals surface area (Å²) in [5, 5.41) is 0. The molecule has 0 aromatic heterocycles. The van der Waals surface area contributed by atoms with E-state index in [0.717, 1.165) is 11.8 Å². The number of hydrogen-bond donors (Lipinski definition) is 0. The molecule has 0 amide bonds. The van der Waals surface area contributed by atoms with Gasteiger partial charge in [0.25, 0.3) is 0 Å². The molecule has 12 heavy (non-hydrogen) atoms. The van der Waals surface area contributed by atoms with E-state index in [1.165, 1.54) is 38.9 Å². The maximum absolute atomic E-state index is 2.62. The second-order valence-corrected chi connectivity index (χ2v) is 4.73. The molecule has 0 aromatic rings. The van der Waals surface area contributed by atoms with Crippen molar-refractivity contribution in [3.63, 3.8) is 0 Å². The average molecular weight is 169 g/mol. The van der Waals surface area contributed by atoms with Crippen molar-refractivity contribution < 1.29 is 0 Å². The van der Waals surface area contributed by atoms with Crippen LogP contribution in [-0.2, 0) is 0 Å². The lowest BCUT2D eigenvalue weighted by Crippen LogP contribution is -2.21. The summed E-state index contributed by atoms with van der Waals surface area (Å²) < 4.78 is 0. The fourth-order valence-corrected chi connectivity index (χ4v) is 1.95. The smallest absolute Gasteiger partial charge is 0.000750 e. The molecule has 0 spiro atoms. The third-order valence-electron chi connectivity index (χ3n) is 2.76. The van der Waals surface area contributed by atoms with E-state index in [2.05, 4.69) is 25.7 Å². The van der Waals surface area contributed by atoms with E-state index in [4.69, 9.17) is 0 Å². The topological polar surface area (TPSA) is 3.24 Å². The Morgan fingerprint density at radius 2 is 2.17 bits per heavy atom. The summed E-state index contributed by atoms with van der Waals surface area (Å²) in [5.74, 6) is 1.83. The predicted octanol–water partition coefficient (Wildman–Crippen LogP) is 2.76. The molecule has 1 fully saturated rings. The number of nitrogens with zero attached hydrogens (tertiary/aromatic N) is 1. The van der Waals surface area contributed by atoms with Crippen LogP contribution in [-0.4, -0.2) is 24.5 Å². The quantitative estimate of drug-likeness (QED) is 0.625. The van der Waals surface area contributed by atoms with E-state index < -0.39 is 0 Å². The van der Waals surface area contributed by atoms with Gasteiger partial charge in [0.2, 0.25) is 0 Å². The van der Waals surface area contributed by atoms with Gasteiger partial charge in [0.15, 0.2) is 0 Å². The summed E-state index contributed by atoms with van der Waals surface area (Å²) in [4.78, 5) is 2.62. The van der Waals surface area contributed by atoms with E-state index in [1.807, 2.05) is 0 Å². The van der Waals surface area contributed by atoms with Gasteiger partial charge in [-0.15, -0.1) is 0 Å². The maximum atomic E-state index is 2.62. The van der Waals surface area contributed by atoms with Crippen LogP contribution >= 0.6 is 0 Å². The van der Waals surface area contributed by atoms with Crippen LogP contribution in [0.4, 0.5) is 0 Å². The molecule has 0 N–H and O–H groups in total. The molecule has 1 aliphatic rings. The fraction of sp³-hybridized carbons (Fsp3) is 1.00. The maximum Gasteiger partial charge on any atom is 0.000750 e. The molecule has 1 unspecified atom stereocenters. The van der Waals surface area contributed by atoms with Crippen molar-refractivity contribution >= 4 is 0 Å². The summed E-state index contributed by atoms with van der Waals surface area (Å²) in [5.41, 5.74) is 0. The second-order valence-electron chi connectivity index (χ2n) is 4.73. The molecule has 1 aliphatic heterocycles. The first-order valence-corrected chi connectivity index (χ1v) is 5.41. The largest absolute Gasteiger partial charge is 0.303 e. The van der Waals surface area contributed by atoms with Crippen molar-refractivity contribution in [2.45, 2.75) is 40.0 Å². The zero-order valence-corrected chi connectivity index (χ0v) is 8.84. The minimum Gasteiger partial charge on any atom is -0.303 e. The van der Waals surface area contributed by atoms with Crippen molar-refractivity contribution in [2.24, 2.45) is 11.8 Å². The Morgan fingerprint density at radius 3 is 2.67 bits per heavy atom. The lowest BCUT2D eigenvalue weighted by molar-refractivity contribution is 0.312. The molecule has 1 saturated heterocycles. The van der Waals surface area contributed by atoms with Gasteiger partial charge in [-0.2, -0.15) is 0 Å². The summed E-state index contributed by atoms with van der Waals surface area (Å²) in [7, 11) is 0. The van der Waals surface area contributed by atoms with Crippen molar-refractivity contribution in [1.82, 2.24) is 4.90 Å². The summed E-state index contributed by atoms with van der Waals surface area (Å²) in [6.45, 7) is 11.0. The van der Waals surface area contributed by atoms with E-state index >= 15 is 0 Å². The zero-order valence-electron chi connectivity index (χ0n) is 8.84. The summed E-state index contributed by atoms with van der Waals surface area (Å²) in [6, 6.07) is 0. The molecule has 0 radical (unpaired) electrons. The standard InChI is InChI=1S/C11H23N/c1-10(2)5-4-7-12-8-6-11(3)9-12/h10-11H,4-9H2,1-3H3. The van der Waals surface area contributed by atoms with Crippen molar-refractivity contribution in [1.29, 1.82) is 0 Å². The van der Waals surface area contributed by atoms with Crippen LogP contribution in [0.25, 0.3) is 0 Å². The first-order chi connectivity index (χ1) is 5.68. The molecule has 0 aliphatic carbocycles. The SMILES string of the molecule is CC(C)CCCN1CCC(C)C1. The van der Waals surface area contributed by atoms with Crippen LogP contribution in [0.5, 0.6) is 0 Å². The highest BCUT2D eigenvalue weighted by atomic mass is 15.1. The molecule has 72 valence electrons. The van der Waals surface area contributed by atoms with E-state index in [-0.39, 0.29) is 0 Å². The van der Waals surface area contributed by atoms with Crippen LogP contribution in [0.3, 0.4) is 0 Å². The molecule has 0 aromatic carbocycles. The van der Waals surface area contributed by atoms with Crippen molar-refractivity contribution in [3.05, 3.63) is 0 Å². The first-order valence-electron chi connectivity index (χ1n) is 5.41. The Labute approximate surface area is 77.1 Å². The van der Waals surface area contributed by atoms with Crippen LogP contribution < -0.4 is 0 Å². The van der Waals surface area contributed by atoms with Crippen molar-refractivity contribution in [2.75, 3.05) is 19.6 Å². The summed E-state index contributed by atoms with van der Waals surface area (Å²) >= 11 is 0. The minimum atomic E-state index is 0.880. The van der Waals surface area contributed by atoms with Crippen LogP contribution in [0.2, 0.25) is 0 Å². The minimum absolute atomic E-state index is 0.880. The molecule has 1 rings (SSSR count). The van der Waals surface area contributed by atoms with Gasteiger partial charge in [0, 0.05) is 6.54 Å². The Balaban J connectivity index is 2.00.